The van der Waals surface area contributed by atoms with Crippen LogP contribution in [0.25, 0.3) is 0 Å². The molecular weight excluding hydrogens is 306 g/mol. The van der Waals surface area contributed by atoms with Crippen LogP contribution in [-0.2, 0) is 13.6 Å². The van der Waals surface area contributed by atoms with Crippen LogP contribution in [-0.4, -0.2) is 33.2 Å². The molecule has 2 aromatic rings. The molecule has 0 radical (unpaired) electrons. The zero-order valence-electron chi connectivity index (χ0n) is 13.6. The second-order valence-corrected chi connectivity index (χ2v) is 6.02. The third-order valence-electron chi connectivity index (χ3n) is 4.28. The molecule has 7 heteroatoms. The number of amides is 3. The van der Waals surface area contributed by atoms with Crippen molar-refractivity contribution in [1.29, 1.82) is 0 Å². The Bertz CT molecular complexity index is 755. The summed E-state index contributed by atoms with van der Waals surface area (Å²) in [5.41, 5.74) is 7.62. The highest BCUT2D eigenvalue weighted by molar-refractivity contribution is 5.92. The number of carbonyl (C=O) groups is 2. The Labute approximate surface area is 140 Å². The fourth-order valence-corrected chi connectivity index (χ4v) is 3.08. The minimum absolute atomic E-state index is 0.0654. The molecule has 1 fully saturated rings. The number of primary amides is 1. The fourth-order valence-electron chi connectivity index (χ4n) is 3.08. The van der Waals surface area contributed by atoms with Crippen LogP contribution in [0.3, 0.4) is 0 Å². The third kappa shape index (κ3) is 3.40. The van der Waals surface area contributed by atoms with Gasteiger partial charge < -0.3 is 16.0 Å². The molecule has 2 heterocycles. The number of aryl methyl sites for hydroxylation is 1. The van der Waals surface area contributed by atoms with Gasteiger partial charge >= 0.3 is 6.03 Å². The summed E-state index contributed by atoms with van der Waals surface area (Å²) in [6, 6.07) is 6.93. The largest absolute Gasteiger partial charge is 0.366 e. The Balaban J connectivity index is 1.64. The number of hydrogen-bond donors (Lipinski definition) is 2. The van der Waals surface area contributed by atoms with Crippen LogP contribution < -0.4 is 11.1 Å². The number of benzene rings is 1. The lowest BCUT2D eigenvalue weighted by molar-refractivity contribution is 0.1000. The molecule has 3 N–H and O–H groups in total. The highest BCUT2D eigenvalue weighted by Crippen LogP contribution is 2.31. The smallest absolute Gasteiger partial charge is 0.318 e. The number of nitrogens with zero attached hydrogens (tertiary/aromatic N) is 3. The molecule has 3 amide bonds. The second kappa shape index (κ2) is 6.74. The SMILES string of the molecule is Cn1cc(C2CCCN2C(=O)NCc2cccc(C(N)=O)c2)cn1. The van der Waals surface area contributed by atoms with E-state index >= 15 is 0 Å². The van der Waals surface area contributed by atoms with Gasteiger partial charge in [0.2, 0.25) is 5.91 Å². The van der Waals surface area contributed by atoms with Crippen molar-refractivity contribution < 1.29 is 9.59 Å². The van der Waals surface area contributed by atoms with Crippen LogP contribution in [0.2, 0.25) is 0 Å². The average molecular weight is 327 g/mol. The van der Waals surface area contributed by atoms with Gasteiger partial charge in [0.1, 0.15) is 0 Å². The summed E-state index contributed by atoms with van der Waals surface area (Å²) < 4.78 is 1.75. The molecule has 1 aromatic heterocycles. The van der Waals surface area contributed by atoms with Crippen molar-refractivity contribution in [2.24, 2.45) is 12.8 Å². The Hall–Kier alpha value is -2.83. The maximum atomic E-state index is 12.5. The Morgan fingerprint density at radius 1 is 1.42 bits per heavy atom. The van der Waals surface area contributed by atoms with Gasteiger partial charge in [0, 0.05) is 37.5 Å². The molecule has 0 spiro atoms. The molecule has 0 saturated carbocycles. The summed E-state index contributed by atoms with van der Waals surface area (Å²) in [5, 5.41) is 7.11. The number of likely N-dealkylation sites (tertiary alicyclic amines) is 1. The molecule has 126 valence electrons. The lowest BCUT2D eigenvalue weighted by Gasteiger charge is -2.24. The first-order chi connectivity index (χ1) is 11.5. The van der Waals surface area contributed by atoms with E-state index in [0.717, 1.165) is 30.5 Å². The van der Waals surface area contributed by atoms with E-state index in [4.69, 9.17) is 5.73 Å². The maximum Gasteiger partial charge on any atom is 0.318 e. The highest BCUT2D eigenvalue weighted by atomic mass is 16.2. The first-order valence-electron chi connectivity index (χ1n) is 7.96. The standard InChI is InChI=1S/C17H21N5O2/c1-21-11-14(10-20-21)15-6-3-7-22(15)17(24)19-9-12-4-2-5-13(8-12)16(18)23/h2,4-5,8,10-11,15H,3,6-7,9H2,1H3,(H2,18,23)(H,19,24). The van der Waals surface area contributed by atoms with Crippen molar-refractivity contribution in [3.63, 3.8) is 0 Å². The second-order valence-electron chi connectivity index (χ2n) is 6.02. The number of carbonyl (C=O) groups excluding carboxylic acids is 2. The van der Waals surface area contributed by atoms with E-state index in [-0.39, 0.29) is 12.1 Å². The van der Waals surface area contributed by atoms with Gasteiger partial charge in [-0.1, -0.05) is 12.1 Å². The molecule has 1 aliphatic heterocycles. The van der Waals surface area contributed by atoms with Crippen LogP contribution in [0.5, 0.6) is 0 Å². The van der Waals surface area contributed by atoms with Crippen LogP contribution in [0.4, 0.5) is 4.79 Å². The highest BCUT2D eigenvalue weighted by Gasteiger charge is 2.30. The summed E-state index contributed by atoms with van der Waals surface area (Å²) in [6.07, 6.45) is 5.68. The lowest BCUT2D eigenvalue weighted by Crippen LogP contribution is -2.39. The molecule has 1 saturated heterocycles. The molecule has 0 bridgehead atoms. The zero-order valence-corrected chi connectivity index (χ0v) is 13.6. The van der Waals surface area contributed by atoms with Gasteiger partial charge in [-0.3, -0.25) is 9.48 Å². The van der Waals surface area contributed by atoms with Crippen molar-refractivity contribution in [3.05, 3.63) is 53.3 Å². The zero-order chi connectivity index (χ0) is 17.1. The molecule has 7 nitrogen and oxygen atoms in total. The summed E-state index contributed by atoms with van der Waals surface area (Å²) in [7, 11) is 1.87. The number of urea groups is 1. The summed E-state index contributed by atoms with van der Waals surface area (Å²) in [4.78, 5) is 25.6. The number of rotatable bonds is 4. The van der Waals surface area contributed by atoms with E-state index in [9.17, 15) is 9.59 Å². The van der Waals surface area contributed by atoms with Crippen molar-refractivity contribution in [1.82, 2.24) is 20.0 Å². The van der Waals surface area contributed by atoms with Gasteiger partial charge in [-0.05, 0) is 30.5 Å². The number of aromatic nitrogens is 2. The molecule has 0 aliphatic carbocycles. The molecular formula is C17H21N5O2. The van der Waals surface area contributed by atoms with E-state index < -0.39 is 5.91 Å². The number of nitrogens with one attached hydrogen (secondary N) is 1. The van der Waals surface area contributed by atoms with E-state index in [1.54, 1.807) is 22.9 Å². The van der Waals surface area contributed by atoms with Gasteiger partial charge in [0.15, 0.2) is 0 Å². The first-order valence-corrected chi connectivity index (χ1v) is 7.96. The average Bonchev–Trinajstić information content (AvgIpc) is 3.21. The van der Waals surface area contributed by atoms with Crippen LogP contribution in [0.15, 0.2) is 36.7 Å². The van der Waals surface area contributed by atoms with Crippen LogP contribution >= 0.6 is 0 Å². The predicted octanol–water partition coefficient (Wildman–Crippen LogP) is 1.57. The van der Waals surface area contributed by atoms with E-state index in [1.165, 1.54) is 0 Å². The quantitative estimate of drug-likeness (QED) is 0.892. The van der Waals surface area contributed by atoms with Crippen LogP contribution in [0, 0.1) is 0 Å². The Morgan fingerprint density at radius 2 is 2.25 bits per heavy atom. The monoisotopic (exact) mass is 327 g/mol. The van der Waals surface area contributed by atoms with E-state index in [2.05, 4.69) is 10.4 Å². The van der Waals surface area contributed by atoms with Crippen LogP contribution in [0.1, 0.15) is 40.4 Å². The Morgan fingerprint density at radius 3 is 2.96 bits per heavy atom. The van der Waals surface area contributed by atoms with Gasteiger partial charge in [-0.15, -0.1) is 0 Å². The maximum absolute atomic E-state index is 12.5. The summed E-state index contributed by atoms with van der Waals surface area (Å²) in [6.45, 7) is 1.09. The van der Waals surface area contributed by atoms with Crippen molar-refractivity contribution >= 4 is 11.9 Å². The fraction of sp³-hybridized carbons (Fsp3) is 0.353. The minimum Gasteiger partial charge on any atom is -0.366 e. The number of hydrogen-bond acceptors (Lipinski definition) is 3. The molecule has 1 aromatic carbocycles. The van der Waals surface area contributed by atoms with Gasteiger partial charge in [-0.25, -0.2) is 4.79 Å². The summed E-state index contributed by atoms with van der Waals surface area (Å²) in [5.74, 6) is -0.473. The topological polar surface area (TPSA) is 93.3 Å². The van der Waals surface area contributed by atoms with Gasteiger partial charge in [-0.2, -0.15) is 5.10 Å². The third-order valence-corrected chi connectivity index (χ3v) is 4.28. The normalized spacial score (nSPS) is 17.0. The lowest BCUT2D eigenvalue weighted by atomic mass is 10.1. The molecule has 1 aliphatic rings. The van der Waals surface area contributed by atoms with Crippen molar-refractivity contribution in [3.8, 4) is 0 Å². The van der Waals surface area contributed by atoms with Gasteiger partial charge in [0.25, 0.3) is 0 Å². The van der Waals surface area contributed by atoms with Gasteiger partial charge in [0.05, 0.1) is 12.2 Å². The van der Waals surface area contributed by atoms with E-state index in [1.807, 2.05) is 30.4 Å². The van der Waals surface area contributed by atoms with Crippen molar-refractivity contribution in [2.75, 3.05) is 6.54 Å². The van der Waals surface area contributed by atoms with Crippen molar-refractivity contribution in [2.45, 2.75) is 25.4 Å². The first kappa shape index (κ1) is 16.0. The number of nitrogens with two attached hydrogens (primary N) is 1. The summed E-state index contributed by atoms with van der Waals surface area (Å²) >= 11 is 0. The molecule has 24 heavy (non-hydrogen) atoms. The Kier molecular flexibility index (Phi) is 4.50. The molecule has 3 rings (SSSR count). The minimum atomic E-state index is -0.473. The van der Waals surface area contributed by atoms with E-state index in [0.29, 0.717) is 12.1 Å². The molecule has 1 unspecified atom stereocenters. The predicted molar refractivity (Wildman–Crippen MR) is 89.1 cm³/mol. The molecule has 1 atom stereocenters.